The number of aliphatic imine (C=N–C) groups is 2. The molecule has 0 aromatic heterocycles. The van der Waals surface area contributed by atoms with Gasteiger partial charge in [-0.15, -0.1) is 0 Å². The molecule has 0 saturated heterocycles. The highest BCUT2D eigenvalue weighted by Gasteiger charge is 2.47. The molecule has 0 amide bonds. The maximum atomic E-state index is 11.4. The van der Waals surface area contributed by atoms with Gasteiger partial charge in [-0.25, -0.2) is 5.06 Å². The zero-order valence-corrected chi connectivity index (χ0v) is 15.5. The lowest BCUT2D eigenvalue weighted by atomic mass is 9.89. The van der Waals surface area contributed by atoms with Gasteiger partial charge in [-0.2, -0.15) is 0 Å². The van der Waals surface area contributed by atoms with Crippen molar-refractivity contribution in [2.45, 2.75) is 44.7 Å². The van der Waals surface area contributed by atoms with Crippen molar-refractivity contribution in [2.24, 2.45) is 9.98 Å². The molecule has 2 aliphatic heterocycles. The predicted octanol–water partition coefficient (Wildman–Crippen LogP) is 5.36. The van der Waals surface area contributed by atoms with E-state index in [1.807, 2.05) is 43.3 Å². The molecule has 136 valence electrons. The van der Waals surface area contributed by atoms with Gasteiger partial charge in [0.1, 0.15) is 5.70 Å². The van der Waals surface area contributed by atoms with Crippen molar-refractivity contribution in [1.82, 2.24) is 5.06 Å². The molecule has 1 aliphatic carbocycles. The Morgan fingerprint density at radius 3 is 2.41 bits per heavy atom. The fourth-order valence-corrected chi connectivity index (χ4v) is 4.59. The summed E-state index contributed by atoms with van der Waals surface area (Å²) in [6.07, 6.45) is 5.16. The van der Waals surface area contributed by atoms with Gasteiger partial charge in [0, 0.05) is 22.4 Å². The lowest BCUT2D eigenvalue weighted by Gasteiger charge is -2.37. The maximum Gasteiger partial charge on any atom is 0.157 e. The number of nitrogens with zero attached hydrogens (tertiary/aromatic N) is 3. The van der Waals surface area contributed by atoms with Crippen molar-refractivity contribution in [3.05, 3.63) is 71.4 Å². The highest BCUT2D eigenvalue weighted by molar-refractivity contribution is 6.35. The van der Waals surface area contributed by atoms with Crippen LogP contribution in [0.1, 0.15) is 50.2 Å². The Morgan fingerprint density at radius 1 is 0.926 bits per heavy atom. The summed E-state index contributed by atoms with van der Waals surface area (Å²) in [6.45, 7) is 2.02. The first kappa shape index (κ1) is 16.5. The first-order valence-corrected chi connectivity index (χ1v) is 9.74. The monoisotopic (exact) mass is 357 g/mol. The van der Waals surface area contributed by atoms with Crippen LogP contribution in [0.15, 0.2) is 70.3 Å². The molecule has 1 spiro atoms. The predicted molar refractivity (Wildman–Crippen MR) is 109 cm³/mol. The zero-order chi connectivity index (χ0) is 18.4. The van der Waals surface area contributed by atoms with E-state index < -0.39 is 5.66 Å². The van der Waals surface area contributed by atoms with Crippen LogP contribution in [0, 0.1) is 0 Å². The molecule has 2 heterocycles. The molecule has 1 saturated carbocycles. The van der Waals surface area contributed by atoms with Crippen molar-refractivity contribution in [2.75, 3.05) is 0 Å². The molecule has 27 heavy (non-hydrogen) atoms. The summed E-state index contributed by atoms with van der Waals surface area (Å²) in [7, 11) is 0. The van der Waals surface area contributed by atoms with Gasteiger partial charge in [0.15, 0.2) is 5.66 Å². The Morgan fingerprint density at radius 2 is 1.63 bits per heavy atom. The third-order valence-electron chi connectivity index (χ3n) is 5.91. The van der Waals surface area contributed by atoms with E-state index in [-0.39, 0.29) is 0 Å². The summed E-state index contributed by atoms with van der Waals surface area (Å²) < 4.78 is 0. The second-order valence-corrected chi connectivity index (χ2v) is 7.62. The highest BCUT2D eigenvalue weighted by Crippen LogP contribution is 2.46. The van der Waals surface area contributed by atoms with Crippen LogP contribution in [-0.4, -0.2) is 27.4 Å². The molecule has 2 aromatic rings. The Hall–Kier alpha value is -2.72. The summed E-state index contributed by atoms with van der Waals surface area (Å²) in [4.78, 5) is 9.88. The van der Waals surface area contributed by atoms with Crippen LogP contribution in [0.4, 0.5) is 5.69 Å². The van der Waals surface area contributed by atoms with Crippen molar-refractivity contribution in [3.63, 3.8) is 0 Å². The first-order valence-electron chi connectivity index (χ1n) is 9.74. The molecule has 0 unspecified atom stereocenters. The Bertz CT molecular complexity index is 982. The number of allylic oxidation sites excluding steroid dienone is 2. The van der Waals surface area contributed by atoms with Crippen molar-refractivity contribution in [3.8, 4) is 0 Å². The average molecular weight is 357 g/mol. The van der Waals surface area contributed by atoms with Crippen LogP contribution >= 0.6 is 0 Å². The van der Waals surface area contributed by atoms with Crippen LogP contribution in [0.5, 0.6) is 0 Å². The minimum atomic E-state index is -0.538. The fourth-order valence-electron chi connectivity index (χ4n) is 4.59. The summed E-state index contributed by atoms with van der Waals surface area (Å²) >= 11 is 0. The lowest BCUT2D eigenvalue weighted by Crippen LogP contribution is -2.43. The standard InChI is InChI=1S/C23H23N3O/c1-16-20(18-12-6-7-13-19(18)24-16)22-21(17-10-4-2-5-11-17)25-23(26(22)27)14-8-3-9-15-23/h2,4-7,10-13,27H,3,8-9,14-15H2,1H3/b22-20-. The molecule has 5 rings (SSSR count). The number of para-hydroxylation sites is 1. The molecule has 3 aliphatic rings. The van der Waals surface area contributed by atoms with Gasteiger partial charge in [-0.1, -0.05) is 55.0 Å². The van der Waals surface area contributed by atoms with E-state index in [1.54, 1.807) is 0 Å². The zero-order valence-electron chi connectivity index (χ0n) is 15.5. The van der Waals surface area contributed by atoms with Gasteiger partial charge in [-0.05, 0) is 38.7 Å². The summed E-state index contributed by atoms with van der Waals surface area (Å²) in [5.41, 5.74) is 6.14. The van der Waals surface area contributed by atoms with Crippen LogP contribution in [-0.2, 0) is 0 Å². The van der Waals surface area contributed by atoms with Crippen LogP contribution < -0.4 is 0 Å². The third-order valence-corrected chi connectivity index (χ3v) is 5.91. The molecule has 0 bridgehead atoms. The average Bonchev–Trinajstić information content (AvgIpc) is 3.17. The number of rotatable bonds is 1. The molecular formula is C23H23N3O. The maximum absolute atomic E-state index is 11.4. The van der Waals surface area contributed by atoms with E-state index in [4.69, 9.17) is 9.98 Å². The minimum Gasteiger partial charge on any atom is -0.286 e. The normalized spacial score (nSPS) is 23.4. The topological polar surface area (TPSA) is 48.2 Å². The molecule has 1 fully saturated rings. The van der Waals surface area contributed by atoms with Crippen molar-refractivity contribution >= 4 is 22.7 Å². The Labute approximate surface area is 159 Å². The van der Waals surface area contributed by atoms with Gasteiger partial charge < -0.3 is 0 Å². The number of hydrogen-bond donors (Lipinski definition) is 1. The lowest BCUT2D eigenvalue weighted by molar-refractivity contribution is -0.138. The highest BCUT2D eigenvalue weighted by atomic mass is 16.5. The number of benzene rings is 2. The van der Waals surface area contributed by atoms with Gasteiger partial charge in [0.25, 0.3) is 0 Å². The van der Waals surface area contributed by atoms with Gasteiger partial charge in [-0.3, -0.25) is 15.2 Å². The van der Waals surface area contributed by atoms with Crippen LogP contribution in [0.2, 0.25) is 0 Å². The first-order chi connectivity index (χ1) is 13.2. The third kappa shape index (κ3) is 2.47. The summed E-state index contributed by atoms with van der Waals surface area (Å²) in [5, 5.41) is 12.9. The van der Waals surface area contributed by atoms with E-state index in [2.05, 4.69) is 18.2 Å². The number of hydroxylamine groups is 2. The second kappa shape index (κ2) is 6.17. The summed E-state index contributed by atoms with van der Waals surface area (Å²) in [6, 6.07) is 18.3. The van der Waals surface area contributed by atoms with Crippen LogP contribution in [0.25, 0.3) is 5.57 Å². The van der Waals surface area contributed by atoms with Gasteiger partial charge >= 0.3 is 0 Å². The van der Waals surface area contributed by atoms with E-state index in [0.717, 1.165) is 65.2 Å². The van der Waals surface area contributed by atoms with Gasteiger partial charge in [0.2, 0.25) is 0 Å². The smallest absolute Gasteiger partial charge is 0.157 e. The molecule has 0 atom stereocenters. The quantitative estimate of drug-likeness (QED) is 0.747. The molecule has 0 radical (unpaired) electrons. The Balaban J connectivity index is 1.76. The molecule has 1 N–H and O–H groups in total. The molecule has 4 nitrogen and oxygen atoms in total. The van der Waals surface area contributed by atoms with E-state index in [0.29, 0.717) is 0 Å². The van der Waals surface area contributed by atoms with Crippen LogP contribution in [0.3, 0.4) is 0 Å². The van der Waals surface area contributed by atoms with E-state index in [9.17, 15) is 5.21 Å². The number of fused-ring (bicyclic) bond motifs is 1. The van der Waals surface area contributed by atoms with E-state index in [1.165, 1.54) is 11.5 Å². The largest absolute Gasteiger partial charge is 0.286 e. The Kier molecular flexibility index (Phi) is 3.76. The summed E-state index contributed by atoms with van der Waals surface area (Å²) in [5.74, 6) is 0. The molecule has 2 aromatic carbocycles. The fraction of sp³-hybridized carbons (Fsp3) is 0.304. The molecule has 4 heteroatoms. The van der Waals surface area contributed by atoms with Crippen molar-refractivity contribution < 1.29 is 5.21 Å². The second-order valence-electron chi connectivity index (χ2n) is 7.62. The number of hydrogen-bond acceptors (Lipinski definition) is 4. The van der Waals surface area contributed by atoms with E-state index >= 15 is 0 Å². The SMILES string of the molecule is CC1=Nc2ccccc2/C1=C1/C(c2ccccc2)=NC2(CCCCC2)N1O. The van der Waals surface area contributed by atoms with Crippen molar-refractivity contribution in [1.29, 1.82) is 0 Å². The van der Waals surface area contributed by atoms with Gasteiger partial charge in [0.05, 0.1) is 11.4 Å². The minimum absolute atomic E-state index is 0.538. The molecular weight excluding hydrogens is 334 g/mol.